The fraction of sp³-hybridized carbons (Fsp3) is 0.581. The second kappa shape index (κ2) is 19.5. The Morgan fingerprint density at radius 2 is 0.966 bits per heavy atom. The lowest BCUT2D eigenvalue weighted by molar-refractivity contribution is -0.140. The number of carbonyl (C=O) groups excluding carboxylic acids is 5. The van der Waals surface area contributed by atoms with Gasteiger partial charge in [-0.1, -0.05) is 48.5 Å². The molecule has 16 heteroatoms. The molecule has 1 saturated heterocycles. The van der Waals surface area contributed by atoms with Crippen molar-refractivity contribution in [1.82, 2.24) is 24.9 Å². The van der Waals surface area contributed by atoms with Crippen LogP contribution in [-0.4, -0.2) is 143 Å². The minimum absolute atomic E-state index is 0.00436. The first-order chi connectivity index (χ1) is 27.5. The van der Waals surface area contributed by atoms with Crippen molar-refractivity contribution in [3.63, 3.8) is 0 Å². The van der Waals surface area contributed by atoms with Crippen molar-refractivity contribution >= 4 is 36.2 Å². The van der Waals surface area contributed by atoms with Crippen LogP contribution in [0, 0.1) is 0 Å². The van der Waals surface area contributed by atoms with E-state index < -0.39 is 59.1 Å². The summed E-state index contributed by atoms with van der Waals surface area (Å²) in [5.41, 5.74) is 1.64. The van der Waals surface area contributed by atoms with E-state index in [1.54, 1.807) is 62.3 Å². The maximum absolute atomic E-state index is 13.9. The van der Waals surface area contributed by atoms with Crippen LogP contribution in [0.5, 0.6) is 0 Å². The van der Waals surface area contributed by atoms with E-state index in [1.807, 2.05) is 48.5 Å². The molecular weight excluding hydrogens is 762 g/mol. The van der Waals surface area contributed by atoms with Crippen molar-refractivity contribution in [2.75, 3.05) is 59.0 Å². The van der Waals surface area contributed by atoms with Gasteiger partial charge in [0.05, 0.1) is 0 Å². The second-order valence-corrected chi connectivity index (χ2v) is 17.7. The van der Waals surface area contributed by atoms with E-state index >= 15 is 0 Å². The van der Waals surface area contributed by atoms with Gasteiger partial charge in [-0.05, 0) is 91.0 Å². The van der Waals surface area contributed by atoms with E-state index in [9.17, 15) is 33.9 Å². The highest BCUT2D eigenvalue weighted by molar-refractivity contribution is 5.82. The summed E-state index contributed by atoms with van der Waals surface area (Å²) in [6.07, 6.45) is -3.41. The van der Waals surface area contributed by atoms with Crippen molar-refractivity contribution in [3.8, 4) is 11.1 Å². The molecule has 5 amide bonds. The molecule has 2 N–H and O–H groups in total. The SMILES string of the molecule is CC(C)(C)OC(=O)N1CCN(C(=O)CC[C@H](NC(=O)OCC2c3ccccc3-c3ccccc32)C(=O)O)CCN(C(=O)OC(C)(C)C)CCN(C(=O)OC(C)(C)C)CC1. The number of alkyl carbamates (subject to hydrolysis) is 1. The van der Waals surface area contributed by atoms with Crippen LogP contribution in [0.2, 0.25) is 0 Å². The molecule has 0 spiro atoms. The van der Waals surface area contributed by atoms with E-state index in [2.05, 4.69) is 5.32 Å². The van der Waals surface area contributed by atoms with Gasteiger partial charge in [-0.25, -0.2) is 24.0 Å². The van der Waals surface area contributed by atoms with Crippen LogP contribution >= 0.6 is 0 Å². The van der Waals surface area contributed by atoms with Gasteiger partial charge in [-0.2, -0.15) is 0 Å². The minimum atomic E-state index is -1.45. The van der Waals surface area contributed by atoms with Crippen LogP contribution in [0.4, 0.5) is 19.2 Å². The molecule has 0 radical (unpaired) electrons. The molecule has 0 bridgehead atoms. The van der Waals surface area contributed by atoms with E-state index in [-0.39, 0.29) is 77.7 Å². The third-order valence-corrected chi connectivity index (χ3v) is 9.45. The van der Waals surface area contributed by atoms with Crippen molar-refractivity contribution in [2.45, 2.75) is 104 Å². The van der Waals surface area contributed by atoms with Gasteiger partial charge in [-0.15, -0.1) is 0 Å². The molecular formula is C43H61N5O11. The van der Waals surface area contributed by atoms with Gasteiger partial charge < -0.3 is 49.0 Å². The third-order valence-electron chi connectivity index (χ3n) is 9.45. The molecule has 1 atom stereocenters. The maximum atomic E-state index is 13.9. The zero-order valence-electron chi connectivity index (χ0n) is 35.9. The van der Waals surface area contributed by atoms with Crippen LogP contribution in [0.15, 0.2) is 48.5 Å². The first-order valence-corrected chi connectivity index (χ1v) is 20.1. The summed E-state index contributed by atoms with van der Waals surface area (Å²) < 4.78 is 22.5. The number of aliphatic carboxylic acids is 1. The number of carboxylic acid groups (broad SMARTS) is 1. The monoisotopic (exact) mass is 823 g/mol. The predicted octanol–water partition coefficient (Wildman–Crippen LogP) is 6.31. The summed E-state index contributed by atoms with van der Waals surface area (Å²) in [4.78, 5) is 85.0. The predicted molar refractivity (Wildman–Crippen MR) is 219 cm³/mol. The summed E-state index contributed by atoms with van der Waals surface area (Å²) in [6.45, 7) is 15.6. The molecule has 1 aliphatic carbocycles. The van der Waals surface area contributed by atoms with E-state index in [0.29, 0.717) is 0 Å². The number of carboxylic acids is 1. The van der Waals surface area contributed by atoms with Crippen molar-refractivity contribution in [2.24, 2.45) is 0 Å². The molecule has 2 aromatic rings. The van der Waals surface area contributed by atoms with Gasteiger partial charge in [0, 0.05) is 64.7 Å². The smallest absolute Gasteiger partial charge is 0.410 e. The Morgan fingerprint density at radius 1 is 0.610 bits per heavy atom. The number of hydrogen-bond donors (Lipinski definition) is 2. The van der Waals surface area contributed by atoms with Crippen LogP contribution in [0.1, 0.15) is 92.2 Å². The summed E-state index contributed by atoms with van der Waals surface area (Å²) in [6, 6.07) is 14.2. The maximum Gasteiger partial charge on any atom is 0.410 e. The Bertz CT molecular complexity index is 1740. The molecule has 2 aromatic carbocycles. The number of ether oxygens (including phenoxy) is 4. The molecule has 0 saturated carbocycles. The normalized spacial score (nSPS) is 16.1. The number of hydrogen-bond acceptors (Lipinski definition) is 10. The zero-order chi connectivity index (χ0) is 43.7. The largest absolute Gasteiger partial charge is 0.480 e. The average molecular weight is 824 g/mol. The molecule has 2 aliphatic rings. The average Bonchev–Trinajstić information content (AvgIpc) is 3.43. The van der Waals surface area contributed by atoms with Crippen molar-refractivity contribution in [1.29, 1.82) is 0 Å². The van der Waals surface area contributed by atoms with Gasteiger partial charge in [0.2, 0.25) is 5.91 Å². The first-order valence-electron chi connectivity index (χ1n) is 20.1. The highest BCUT2D eigenvalue weighted by Gasteiger charge is 2.33. The lowest BCUT2D eigenvalue weighted by Crippen LogP contribution is -2.52. The van der Waals surface area contributed by atoms with Gasteiger partial charge in [0.1, 0.15) is 29.5 Å². The molecule has 1 heterocycles. The lowest BCUT2D eigenvalue weighted by atomic mass is 9.98. The molecule has 0 aromatic heterocycles. The second-order valence-electron chi connectivity index (χ2n) is 17.7. The molecule has 16 nitrogen and oxygen atoms in total. The molecule has 4 rings (SSSR count). The van der Waals surface area contributed by atoms with Crippen molar-refractivity contribution < 1.29 is 52.8 Å². The number of fused-ring (bicyclic) bond motifs is 3. The Morgan fingerprint density at radius 3 is 1.32 bits per heavy atom. The number of nitrogens with one attached hydrogen (secondary N) is 1. The van der Waals surface area contributed by atoms with Crippen molar-refractivity contribution in [3.05, 3.63) is 59.7 Å². The van der Waals surface area contributed by atoms with E-state index in [0.717, 1.165) is 22.3 Å². The quantitative estimate of drug-likeness (QED) is 0.298. The Labute approximate surface area is 347 Å². The zero-order valence-corrected chi connectivity index (χ0v) is 35.9. The number of benzene rings is 2. The van der Waals surface area contributed by atoms with Crippen LogP contribution in [-0.2, 0) is 28.5 Å². The molecule has 59 heavy (non-hydrogen) atoms. The van der Waals surface area contributed by atoms with Gasteiger partial charge >= 0.3 is 30.3 Å². The number of carbonyl (C=O) groups is 6. The van der Waals surface area contributed by atoms with Gasteiger partial charge in [0.15, 0.2) is 0 Å². The number of nitrogens with zero attached hydrogens (tertiary/aromatic N) is 4. The molecule has 1 aliphatic heterocycles. The third kappa shape index (κ3) is 14.1. The Balaban J connectivity index is 1.48. The van der Waals surface area contributed by atoms with Crippen LogP contribution in [0.3, 0.4) is 0 Å². The summed E-state index contributed by atoms with van der Waals surface area (Å²) in [5.74, 6) is -2.04. The molecule has 0 unspecified atom stereocenters. The van der Waals surface area contributed by atoms with E-state index in [4.69, 9.17) is 18.9 Å². The Kier molecular flexibility index (Phi) is 15.2. The lowest BCUT2D eigenvalue weighted by Gasteiger charge is -2.36. The molecule has 1 fully saturated rings. The Hall–Kier alpha value is -5.54. The number of rotatable bonds is 7. The highest BCUT2D eigenvalue weighted by atomic mass is 16.6. The fourth-order valence-electron chi connectivity index (χ4n) is 6.66. The standard InChI is InChI=1S/C43H61N5O11/c1-41(2,3)57-38(53)46-22-20-45(21-23-47(39(54)58-42(4,5)6)25-27-48(26-24-46)40(55)59-43(7,8)9)35(49)19-18-34(36(50)51)44-37(52)56-28-33-31-16-12-10-14-29(31)30-15-11-13-17-32(30)33/h10-17,33-34H,18-28H2,1-9H3,(H,44,52)(H,50,51)/t34-/m0/s1. The summed E-state index contributed by atoms with van der Waals surface area (Å²) >= 11 is 0. The van der Waals surface area contributed by atoms with Crippen LogP contribution in [0.25, 0.3) is 11.1 Å². The minimum Gasteiger partial charge on any atom is -0.480 e. The van der Waals surface area contributed by atoms with Gasteiger partial charge in [0.25, 0.3) is 0 Å². The molecule has 324 valence electrons. The highest BCUT2D eigenvalue weighted by Crippen LogP contribution is 2.44. The van der Waals surface area contributed by atoms with Gasteiger partial charge in [-0.3, -0.25) is 4.79 Å². The first kappa shape index (κ1) is 46.2. The number of amides is 5. The van der Waals surface area contributed by atoms with Crippen LogP contribution < -0.4 is 5.32 Å². The topological polar surface area (TPSA) is 185 Å². The summed E-state index contributed by atoms with van der Waals surface area (Å²) in [7, 11) is 0. The fourth-order valence-corrected chi connectivity index (χ4v) is 6.66. The van der Waals surface area contributed by atoms with E-state index in [1.165, 1.54) is 19.6 Å². The summed E-state index contributed by atoms with van der Waals surface area (Å²) in [5, 5.41) is 12.5.